The number of hydrogen-bond acceptors (Lipinski definition) is 3. The number of likely N-dealkylation sites (tertiary alicyclic amines) is 1. The molecule has 2 aliphatic rings. The van der Waals surface area contributed by atoms with Gasteiger partial charge in [0.05, 0.1) is 0 Å². The van der Waals surface area contributed by atoms with Gasteiger partial charge in [-0.1, -0.05) is 30.3 Å². The van der Waals surface area contributed by atoms with Crippen LogP contribution in [-0.4, -0.2) is 55.6 Å². The van der Waals surface area contributed by atoms with Gasteiger partial charge in [0.2, 0.25) is 0 Å². The van der Waals surface area contributed by atoms with Crippen LogP contribution in [0.1, 0.15) is 31.2 Å². The van der Waals surface area contributed by atoms with Gasteiger partial charge in [0.25, 0.3) is 0 Å². The molecule has 0 amide bonds. The molecular formula is C19H31N3. The summed E-state index contributed by atoms with van der Waals surface area (Å²) in [5, 5.41) is 3.54. The maximum absolute atomic E-state index is 3.54. The smallest absolute Gasteiger partial charge is 0.0233 e. The Morgan fingerprint density at radius 1 is 1.14 bits per heavy atom. The number of hydrogen-bond donors (Lipinski definition) is 1. The molecule has 1 atom stereocenters. The molecule has 1 aromatic rings. The van der Waals surface area contributed by atoms with Gasteiger partial charge in [-0.25, -0.2) is 0 Å². The largest absolute Gasteiger partial charge is 0.316 e. The second kappa shape index (κ2) is 8.09. The normalized spacial score (nSPS) is 24.7. The Bertz CT molecular complexity index is 420. The van der Waals surface area contributed by atoms with Crippen molar-refractivity contribution in [1.82, 2.24) is 15.1 Å². The van der Waals surface area contributed by atoms with Gasteiger partial charge in [0, 0.05) is 19.1 Å². The first-order valence-corrected chi connectivity index (χ1v) is 8.98. The summed E-state index contributed by atoms with van der Waals surface area (Å²) in [6.07, 6.45) is 5.41. The summed E-state index contributed by atoms with van der Waals surface area (Å²) in [5.74, 6) is 0.862. The molecule has 1 unspecified atom stereocenters. The van der Waals surface area contributed by atoms with Gasteiger partial charge in [-0.3, -0.25) is 4.90 Å². The molecule has 0 bridgehead atoms. The van der Waals surface area contributed by atoms with Gasteiger partial charge in [-0.05, 0) is 70.4 Å². The lowest BCUT2D eigenvalue weighted by Gasteiger charge is -2.38. The van der Waals surface area contributed by atoms with Crippen LogP contribution in [0.15, 0.2) is 30.3 Å². The molecule has 122 valence electrons. The Morgan fingerprint density at radius 3 is 2.59 bits per heavy atom. The average Bonchev–Trinajstić information content (AvgIpc) is 2.57. The van der Waals surface area contributed by atoms with Crippen LogP contribution in [0.4, 0.5) is 0 Å². The summed E-state index contributed by atoms with van der Waals surface area (Å²) in [6, 6.07) is 11.7. The maximum atomic E-state index is 3.54. The van der Waals surface area contributed by atoms with E-state index in [2.05, 4.69) is 52.5 Å². The molecule has 1 N–H and O–H groups in total. The lowest BCUT2D eigenvalue weighted by molar-refractivity contribution is 0.107. The molecule has 1 aromatic carbocycles. The lowest BCUT2D eigenvalue weighted by atomic mass is 9.96. The second-order valence-corrected chi connectivity index (χ2v) is 7.14. The molecular weight excluding hydrogens is 270 g/mol. The molecule has 2 heterocycles. The third kappa shape index (κ3) is 4.55. The Hall–Kier alpha value is -0.900. The molecule has 0 saturated carbocycles. The highest BCUT2D eigenvalue weighted by Gasteiger charge is 2.24. The van der Waals surface area contributed by atoms with E-state index in [1.54, 1.807) is 0 Å². The quantitative estimate of drug-likeness (QED) is 0.902. The van der Waals surface area contributed by atoms with Crippen molar-refractivity contribution in [2.45, 2.75) is 38.3 Å². The van der Waals surface area contributed by atoms with Crippen LogP contribution in [0, 0.1) is 5.92 Å². The zero-order valence-corrected chi connectivity index (χ0v) is 14.0. The molecule has 2 saturated heterocycles. The number of nitrogens with zero attached hydrogens (tertiary/aromatic N) is 2. The van der Waals surface area contributed by atoms with Gasteiger partial charge in [0.15, 0.2) is 0 Å². The van der Waals surface area contributed by atoms with Gasteiger partial charge in [-0.15, -0.1) is 0 Å². The van der Waals surface area contributed by atoms with Crippen LogP contribution in [0.5, 0.6) is 0 Å². The number of benzene rings is 1. The molecule has 3 rings (SSSR count). The van der Waals surface area contributed by atoms with Crippen molar-refractivity contribution in [2.24, 2.45) is 5.92 Å². The van der Waals surface area contributed by atoms with Crippen molar-refractivity contribution in [3.63, 3.8) is 0 Å². The Morgan fingerprint density at radius 2 is 1.91 bits per heavy atom. The van der Waals surface area contributed by atoms with Crippen LogP contribution in [0.2, 0.25) is 0 Å². The zero-order valence-electron chi connectivity index (χ0n) is 14.0. The number of piperidine rings is 2. The summed E-state index contributed by atoms with van der Waals surface area (Å²) < 4.78 is 0. The maximum Gasteiger partial charge on any atom is 0.0233 e. The predicted octanol–water partition coefficient (Wildman–Crippen LogP) is 2.58. The Balaban J connectivity index is 1.41. The molecule has 2 aliphatic heterocycles. The summed E-state index contributed by atoms with van der Waals surface area (Å²) >= 11 is 0. The minimum atomic E-state index is 0.786. The molecule has 3 heteroatoms. The summed E-state index contributed by atoms with van der Waals surface area (Å²) in [7, 11) is 2.34. The second-order valence-electron chi connectivity index (χ2n) is 7.14. The van der Waals surface area contributed by atoms with Crippen LogP contribution < -0.4 is 5.32 Å². The number of rotatable bonds is 5. The third-order valence-corrected chi connectivity index (χ3v) is 5.37. The molecule has 0 radical (unpaired) electrons. The first kappa shape index (κ1) is 16.0. The summed E-state index contributed by atoms with van der Waals surface area (Å²) in [4.78, 5) is 5.25. The van der Waals surface area contributed by atoms with E-state index in [4.69, 9.17) is 0 Å². The molecule has 0 spiro atoms. The molecule has 3 nitrogen and oxygen atoms in total. The highest BCUT2D eigenvalue weighted by atomic mass is 15.2. The van der Waals surface area contributed by atoms with Gasteiger partial charge in [0.1, 0.15) is 0 Å². The first-order chi connectivity index (χ1) is 10.8. The van der Waals surface area contributed by atoms with Crippen LogP contribution >= 0.6 is 0 Å². The van der Waals surface area contributed by atoms with E-state index in [9.17, 15) is 0 Å². The lowest BCUT2D eigenvalue weighted by Crippen LogP contribution is -2.46. The fourth-order valence-corrected chi connectivity index (χ4v) is 4.00. The molecule has 22 heavy (non-hydrogen) atoms. The average molecular weight is 301 g/mol. The highest BCUT2D eigenvalue weighted by Crippen LogP contribution is 2.20. The van der Waals surface area contributed by atoms with E-state index in [-0.39, 0.29) is 0 Å². The third-order valence-electron chi connectivity index (χ3n) is 5.37. The van der Waals surface area contributed by atoms with E-state index in [1.165, 1.54) is 64.0 Å². The molecule has 2 fully saturated rings. The first-order valence-electron chi connectivity index (χ1n) is 8.98. The topological polar surface area (TPSA) is 18.5 Å². The minimum absolute atomic E-state index is 0.786. The van der Waals surface area contributed by atoms with Crippen molar-refractivity contribution in [3.05, 3.63) is 35.9 Å². The highest BCUT2D eigenvalue weighted by molar-refractivity contribution is 5.14. The van der Waals surface area contributed by atoms with Crippen molar-refractivity contribution in [2.75, 3.05) is 39.8 Å². The zero-order chi connectivity index (χ0) is 15.2. The van der Waals surface area contributed by atoms with Crippen molar-refractivity contribution < 1.29 is 0 Å². The fraction of sp³-hybridized carbons (Fsp3) is 0.684. The van der Waals surface area contributed by atoms with Crippen molar-refractivity contribution in [1.29, 1.82) is 0 Å². The summed E-state index contributed by atoms with van der Waals surface area (Å²) in [5.41, 5.74) is 1.45. The Kier molecular flexibility index (Phi) is 5.88. The van der Waals surface area contributed by atoms with E-state index in [0.717, 1.165) is 18.5 Å². The summed E-state index contributed by atoms with van der Waals surface area (Å²) in [6.45, 7) is 7.31. The molecule has 0 aliphatic carbocycles. The van der Waals surface area contributed by atoms with Crippen molar-refractivity contribution >= 4 is 0 Å². The standard InChI is InChI=1S/C19H31N3/c1-21(15-18-8-5-11-20-14-18)19-9-12-22(13-10-19)16-17-6-3-2-4-7-17/h2-4,6-7,18-20H,5,8-16H2,1H3. The fourth-order valence-electron chi connectivity index (χ4n) is 4.00. The van der Waals surface area contributed by atoms with Gasteiger partial charge < -0.3 is 10.2 Å². The molecule has 0 aromatic heterocycles. The van der Waals surface area contributed by atoms with E-state index < -0.39 is 0 Å². The van der Waals surface area contributed by atoms with E-state index in [0.29, 0.717) is 0 Å². The monoisotopic (exact) mass is 301 g/mol. The van der Waals surface area contributed by atoms with E-state index in [1.807, 2.05) is 0 Å². The van der Waals surface area contributed by atoms with Crippen LogP contribution in [-0.2, 0) is 6.54 Å². The number of nitrogens with one attached hydrogen (secondary N) is 1. The SMILES string of the molecule is CN(CC1CCCNC1)C1CCN(Cc2ccccc2)CC1. The van der Waals surface area contributed by atoms with E-state index >= 15 is 0 Å². The van der Waals surface area contributed by atoms with Gasteiger partial charge in [-0.2, -0.15) is 0 Å². The Labute approximate surface area is 135 Å². The van der Waals surface area contributed by atoms with Crippen molar-refractivity contribution in [3.8, 4) is 0 Å². The predicted molar refractivity (Wildman–Crippen MR) is 93.0 cm³/mol. The van der Waals surface area contributed by atoms with Gasteiger partial charge >= 0.3 is 0 Å². The van der Waals surface area contributed by atoms with Crippen LogP contribution in [0.25, 0.3) is 0 Å². The minimum Gasteiger partial charge on any atom is -0.316 e. The van der Waals surface area contributed by atoms with Crippen LogP contribution in [0.3, 0.4) is 0 Å².